The maximum atomic E-state index is 6.23. The second kappa shape index (κ2) is 4.51. The highest BCUT2D eigenvalue weighted by atomic mass is 35.5. The van der Waals surface area contributed by atoms with Crippen molar-refractivity contribution in [1.82, 2.24) is 5.32 Å². The van der Waals surface area contributed by atoms with Gasteiger partial charge in [0.1, 0.15) is 0 Å². The molecular formula is C14H21ClN2. The summed E-state index contributed by atoms with van der Waals surface area (Å²) in [5, 5.41) is 4.33. The van der Waals surface area contributed by atoms with Gasteiger partial charge in [0.2, 0.25) is 0 Å². The van der Waals surface area contributed by atoms with E-state index >= 15 is 0 Å². The quantitative estimate of drug-likeness (QED) is 0.826. The monoisotopic (exact) mass is 252 g/mol. The number of anilines is 1. The molecule has 2 nitrogen and oxygen atoms in total. The summed E-state index contributed by atoms with van der Waals surface area (Å²) in [4.78, 5) is 2.47. The van der Waals surface area contributed by atoms with Crippen LogP contribution >= 0.6 is 11.6 Å². The Bertz CT molecular complexity index is 415. The van der Waals surface area contributed by atoms with Crippen LogP contribution in [0.2, 0.25) is 5.02 Å². The van der Waals surface area contributed by atoms with E-state index in [1.807, 2.05) is 6.92 Å². The van der Waals surface area contributed by atoms with Crippen LogP contribution in [0.1, 0.15) is 26.3 Å². The SMILES string of the molecule is Cc1ccc(N2C(C)CNCC2(C)C)cc1Cl. The third-order valence-electron chi connectivity index (χ3n) is 3.52. The van der Waals surface area contributed by atoms with Gasteiger partial charge in [-0.05, 0) is 45.4 Å². The van der Waals surface area contributed by atoms with Crippen molar-refractivity contribution in [3.63, 3.8) is 0 Å². The predicted molar refractivity (Wildman–Crippen MR) is 75.1 cm³/mol. The van der Waals surface area contributed by atoms with Crippen LogP contribution in [0.15, 0.2) is 18.2 Å². The fourth-order valence-electron chi connectivity index (χ4n) is 2.70. The Balaban J connectivity index is 2.38. The number of nitrogens with zero attached hydrogens (tertiary/aromatic N) is 1. The Hall–Kier alpha value is -0.730. The van der Waals surface area contributed by atoms with Gasteiger partial charge in [-0.15, -0.1) is 0 Å². The van der Waals surface area contributed by atoms with Crippen LogP contribution in [0, 0.1) is 6.92 Å². The highest BCUT2D eigenvalue weighted by Gasteiger charge is 2.34. The van der Waals surface area contributed by atoms with Crippen LogP contribution in [0.3, 0.4) is 0 Å². The van der Waals surface area contributed by atoms with Gasteiger partial charge in [0.25, 0.3) is 0 Å². The molecule has 17 heavy (non-hydrogen) atoms. The standard InChI is InChI=1S/C14H21ClN2/c1-10-5-6-12(7-13(10)15)17-11(2)8-16-9-14(17,3)4/h5-7,11,16H,8-9H2,1-4H3. The average Bonchev–Trinajstić information content (AvgIpc) is 2.22. The molecule has 1 aliphatic heterocycles. The lowest BCUT2D eigenvalue weighted by Gasteiger charge is -2.48. The number of nitrogens with one attached hydrogen (secondary N) is 1. The van der Waals surface area contributed by atoms with Gasteiger partial charge in [-0.25, -0.2) is 0 Å². The first kappa shape index (κ1) is 12.7. The number of hydrogen-bond acceptors (Lipinski definition) is 2. The first-order valence-corrected chi connectivity index (χ1v) is 6.56. The molecule has 1 N–H and O–H groups in total. The third kappa shape index (κ3) is 2.43. The second-order valence-electron chi connectivity index (χ2n) is 5.60. The molecule has 0 saturated carbocycles. The Morgan fingerprint density at radius 1 is 1.41 bits per heavy atom. The van der Waals surface area contributed by atoms with E-state index in [1.165, 1.54) is 5.69 Å². The zero-order valence-electron chi connectivity index (χ0n) is 11.0. The van der Waals surface area contributed by atoms with Gasteiger partial charge in [-0.3, -0.25) is 0 Å². The summed E-state index contributed by atoms with van der Waals surface area (Å²) in [6.07, 6.45) is 0. The third-order valence-corrected chi connectivity index (χ3v) is 3.93. The van der Waals surface area contributed by atoms with Gasteiger partial charge in [-0.1, -0.05) is 17.7 Å². The molecule has 0 bridgehead atoms. The van der Waals surface area contributed by atoms with Crippen LogP contribution < -0.4 is 10.2 Å². The Kier molecular flexibility index (Phi) is 3.37. The molecule has 1 aromatic carbocycles. The minimum absolute atomic E-state index is 0.121. The van der Waals surface area contributed by atoms with Gasteiger partial charge in [0.15, 0.2) is 0 Å². The molecule has 1 heterocycles. The zero-order valence-corrected chi connectivity index (χ0v) is 11.8. The largest absolute Gasteiger partial charge is 0.361 e. The number of rotatable bonds is 1. The highest BCUT2D eigenvalue weighted by Crippen LogP contribution is 2.31. The van der Waals surface area contributed by atoms with Crippen molar-refractivity contribution >= 4 is 17.3 Å². The van der Waals surface area contributed by atoms with Crippen LogP contribution in [0.5, 0.6) is 0 Å². The highest BCUT2D eigenvalue weighted by molar-refractivity contribution is 6.31. The maximum absolute atomic E-state index is 6.23. The predicted octanol–water partition coefficient (Wildman–Crippen LogP) is 3.23. The summed E-state index contributed by atoms with van der Waals surface area (Å²) in [5.41, 5.74) is 2.48. The normalized spacial score (nSPS) is 23.8. The maximum Gasteiger partial charge on any atom is 0.0473 e. The summed E-state index contributed by atoms with van der Waals surface area (Å²) >= 11 is 6.23. The summed E-state index contributed by atoms with van der Waals surface area (Å²) in [5.74, 6) is 0. The van der Waals surface area contributed by atoms with Crippen molar-refractivity contribution < 1.29 is 0 Å². The number of hydrogen-bond donors (Lipinski definition) is 1. The fraction of sp³-hybridized carbons (Fsp3) is 0.571. The van der Waals surface area contributed by atoms with Gasteiger partial charge in [0, 0.05) is 35.4 Å². The van der Waals surface area contributed by atoms with E-state index in [0.29, 0.717) is 6.04 Å². The first-order chi connectivity index (χ1) is 7.92. The number of benzene rings is 1. The number of halogens is 1. The molecule has 0 radical (unpaired) electrons. The van der Waals surface area contributed by atoms with Gasteiger partial charge in [0.05, 0.1) is 0 Å². The minimum atomic E-state index is 0.121. The van der Waals surface area contributed by atoms with Crippen molar-refractivity contribution in [2.45, 2.75) is 39.3 Å². The van der Waals surface area contributed by atoms with Gasteiger partial charge < -0.3 is 10.2 Å². The number of aryl methyl sites for hydroxylation is 1. The molecule has 1 saturated heterocycles. The molecule has 3 heteroatoms. The van der Waals surface area contributed by atoms with Crippen molar-refractivity contribution in [3.8, 4) is 0 Å². The Morgan fingerprint density at radius 2 is 2.12 bits per heavy atom. The molecule has 0 amide bonds. The molecule has 1 atom stereocenters. The molecule has 0 aliphatic carbocycles. The molecule has 1 aliphatic rings. The van der Waals surface area contributed by atoms with Crippen LogP contribution in [-0.4, -0.2) is 24.7 Å². The molecule has 1 fully saturated rings. The van der Waals surface area contributed by atoms with Gasteiger partial charge >= 0.3 is 0 Å². The molecule has 1 unspecified atom stereocenters. The topological polar surface area (TPSA) is 15.3 Å². The van der Waals surface area contributed by atoms with Crippen molar-refractivity contribution in [2.24, 2.45) is 0 Å². The summed E-state index contributed by atoms with van der Waals surface area (Å²) in [6.45, 7) is 10.9. The van der Waals surface area contributed by atoms with E-state index in [0.717, 1.165) is 23.7 Å². The Labute approximate surface area is 109 Å². The molecular weight excluding hydrogens is 232 g/mol. The lowest BCUT2D eigenvalue weighted by atomic mass is 9.95. The summed E-state index contributed by atoms with van der Waals surface area (Å²) in [7, 11) is 0. The van der Waals surface area contributed by atoms with Crippen LogP contribution in [0.25, 0.3) is 0 Å². The van der Waals surface area contributed by atoms with Crippen LogP contribution in [-0.2, 0) is 0 Å². The first-order valence-electron chi connectivity index (χ1n) is 6.18. The van der Waals surface area contributed by atoms with E-state index < -0.39 is 0 Å². The molecule has 94 valence electrons. The summed E-state index contributed by atoms with van der Waals surface area (Å²) in [6, 6.07) is 6.84. The smallest absolute Gasteiger partial charge is 0.0473 e. The molecule has 0 aromatic heterocycles. The zero-order chi connectivity index (χ0) is 12.6. The van der Waals surface area contributed by atoms with E-state index in [-0.39, 0.29) is 5.54 Å². The average molecular weight is 253 g/mol. The summed E-state index contributed by atoms with van der Waals surface area (Å²) < 4.78 is 0. The second-order valence-corrected chi connectivity index (χ2v) is 6.00. The fourth-order valence-corrected chi connectivity index (χ4v) is 2.87. The molecule has 2 rings (SSSR count). The Morgan fingerprint density at radius 3 is 2.71 bits per heavy atom. The van der Waals surface area contributed by atoms with E-state index in [2.05, 4.69) is 49.2 Å². The lowest BCUT2D eigenvalue weighted by molar-refractivity contribution is 0.334. The van der Waals surface area contributed by atoms with Crippen molar-refractivity contribution in [3.05, 3.63) is 28.8 Å². The lowest BCUT2D eigenvalue weighted by Crippen LogP contribution is -2.62. The molecule has 1 aromatic rings. The minimum Gasteiger partial charge on any atom is -0.361 e. The van der Waals surface area contributed by atoms with Crippen LogP contribution in [0.4, 0.5) is 5.69 Å². The van der Waals surface area contributed by atoms with E-state index in [9.17, 15) is 0 Å². The van der Waals surface area contributed by atoms with E-state index in [4.69, 9.17) is 11.6 Å². The van der Waals surface area contributed by atoms with Crippen molar-refractivity contribution in [1.29, 1.82) is 0 Å². The molecule has 0 spiro atoms. The number of piperazine rings is 1. The van der Waals surface area contributed by atoms with Crippen molar-refractivity contribution in [2.75, 3.05) is 18.0 Å². The van der Waals surface area contributed by atoms with E-state index in [1.54, 1.807) is 0 Å². The van der Waals surface area contributed by atoms with Gasteiger partial charge in [-0.2, -0.15) is 0 Å².